The highest BCUT2D eigenvalue weighted by molar-refractivity contribution is 6.11. The number of piperidine rings is 1. The van der Waals surface area contributed by atoms with Crippen molar-refractivity contribution in [2.45, 2.75) is 44.8 Å². The predicted molar refractivity (Wildman–Crippen MR) is 126 cm³/mol. The number of alkyl halides is 1. The molecule has 1 fully saturated rings. The third-order valence-corrected chi connectivity index (χ3v) is 6.90. The van der Waals surface area contributed by atoms with E-state index in [0.29, 0.717) is 28.4 Å². The second-order valence-electron chi connectivity index (χ2n) is 9.55. The van der Waals surface area contributed by atoms with Gasteiger partial charge in [-0.15, -0.1) is 0 Å². The first-order valence-electron chi connectivity index (χ1n) is 11.5. The van der Waals surface area contributed by atoms with Crippen molar-refractivity contribution in [3.63, 3.8) is 0 Å². The molecule has 35 heavy (non-hydrogen) atoms. The highest BCUT2D eigenvalue weighted by atomic mass is 19.1. The summed E-state index contributed by atoms with van der Waals surface area (Å²) < 4.78 is 21.4. The molecule has 1 N–H and O–H groups in total. The number of rotatable bonds is 4. The standard InChI is InChI=1S/C25H27FN6O3/c1-15-12-28-21(29-15)23(34)31-9-7-25(26,8-10-31)16-11-17(14-27-13-16)32-22(33)18-5-6-19(35-4)30-20(18)24(32,2)3/h5-6,11-14H,7-10H2,1-4H3,(H,28,29). The Morgan fingerprint density at radius 3 is 2.57 bits per heavy atom. The van der Waals surface area contributed by atoms with Crippen molar-refractivity contribution in [2.24, 2.45) is 0 Å². The van der Waals surface area contributed by atoms with Crippen molar-refractivity contribution in [1.29, 1.82) is 0 Å². The quantitative estimate of drug-likeness (QED) is 0.615. The van der Waals surface area contributed by atoms with Gasteiger partial charge in [-0.2, -0.15) is 0 Å². The lowest BCUT2D eigenvalue weighted by molar-refractivity contribution is 0.0411. The summed E-state index contributed by atoms with van der Waals surface area (Å²) in [5.41, 5.74) is 0.320. The van der Waals surface area contributed by atoms with E-state index in [4.69, 9.17) is 4.74 Å². The minimum Gasteiger partial charge on any atom is -0.481 e. The van der Waals surface area contributed by atoms with Gasteiger partial charge in [0.25, 0.3) is 11.8 Å². The molecular formula is C25H27FN6O3. The van der Waals surface area contributed by atoms with Crippen LogP contribution in [-0.2, 0) is 11.2 Å². The number of fused-ring (bicyclic) bond motifs is 1. The molecule has 3 aromatic heterocycles. The van der Waals surface area contributed by atoms with Gasteiger partial charge in [0.2, 0.25) is 5.88 Å². The SMILES string of the molecule is COc1ccc2c(n1)C(C)(C)N(c1cncc(C3(F)CCN(C(=O)c4ncc(C)[nH]4)CC3)c1)C2=O. The Kier molecular flexibility index (Phi) is 5.34. The van der Waals surface area contributed by atoms with E-state index in [2.05, 4.69) is 19.9 Å². The monoisotopic (exact) mass is 478 g/mol. The summed E-state index contributed by atoms with van der Waals surface area (Å²) in [6, 6.07) is 5.04. The number of ether oxygens (including phenoxy) is 1. The number of carbonyl (C=O) groups is 2. The van der Waals surface area contributed by atoms with Gasteiger partial charge in [0.15, 0.2) is 5.82 Å². The summed E-state index contributed by atoms with van der Waals surface area (Å²) in [6.45, 7) is 6.11. The fourth-order valence-corrected chi connectivity index (χ4v) is 4.93. The Morgan fingerprint density at radius 1 is 1.17 bits per heavy atom. The third-order valence-electron chi connectivity index (χ3n) is 6.90. The van der Waals surface area contributed by atoms with Crippen molar-refractivity contribution in [3.8, 4) is 5.88 Å². The van der Waals surface area contributed by atoms with Gasteiger partial charge in [-0.1, -0.05) is 0 Å². The van der Waals surface area contributed by atoms with Crippen molar-refractivity contribution < 1.29 is 18.7 Å². The van der Waals surface area contributed by atoms with E-state index in [0.717, 1.165) is 5.69 Å². The molecule has 10 heteroatoms. The number of pyridine rings is 2. The van der Waals surface area contributed by atoms with Gasteiger partial charge in [0.1, 0.15) is 5.67 Å². The van der Waals surface area contributed by atoms with Crippen molar-refractivity contribution in [2.75, 3.05) is 25.1 Å². The van der Waals surface area contributed by atoms with Gasteiger partial charge in [-0.25, -0.2) is 14.4 Å². The molecule has 2 aliphatic heterocycles. The topological polar surface area (TPSA) is 104 Å². The number of imidazole rings is 1. The number of carbonyl (C=O) groups excluding carboxylic acids is 2. The smallest absolute Gasteiger partial charge is 0.289 e. The van der Waals surface area contributed by atoms with Crippen LogP contribution in [0.3, 0.4) is 0 Å². The second-order valence-corrected chi connectivity index (χ2v) is 9.55. The van der Waals surface area contributed by atoms with Gasteiger partial charge in [-0.3, -0.25) is 19.5 Å². The lowest BCUT2D eigenvalue weighted by Crippen LogP contribution is -2.44. The summed E-state index contributed by atoms with van der Waals surface area (Å²) in [4.78, 5) is 45.0. The first-order valence-corrected chi connectivity index (χ1v) is 11.5. The zero-order valence-corrected chi connectivity index (χ0v) is 20.1. The van der Waals surface area contributed by atoms with E-state index in [-0.39, 0.29) is 43.6 Å². The maximum atomic E-state index is 16.1. The van der Waals surface area contributed by atoms with Crippen molar-refractivity contribution in [3.05, 3.63) is 65.1 Å². The molecular weight excluding hydrogens is 451 g/mol. The summed E-state index contributed by atoms with van der Waals surface area (Å²) >= 11 is 0. The number of H-pyrrole nitrogens is 1. The fraction of sp³-hybridized carbons (Fsp3) is 0.400. The molecule has 5 rings (SSSR count). The number of amides is 2. The number of aromatic nitrogens is 4. The Bertz CT molecular complexity index is 1310. The number of hydrogen-bond donors (Lipinski definition) is 1. The summed E-state index contributed by atoms with van der Waals surface area (Å²) in [7, 11) is 1.53. The largest absolute Gasteiger partial charge is 0.481 e. The number of nitrogens with zero attached hydrogens (tertiary/aromatic N) is 5. The molecule has 0 bridgehead atoms. The van der Waals surface area contributed by atoms with Gasteiger partial charge < -0.3 is 14.6 Å². The number of anilines is 1. The van der Waals surface area contributed by atoms with Crippen LogP contribution >= 0.6 is 0 Å². The first-order chi connectivity index (χ1) is 16.6. The zero-order valence-electron chi connectivity index (χ0n) is 20.1. The molecule has 0 saturated carbocycles. The molecule has 0 atom stereocenters. The van der Waals surface area contributed by atoms with E-state index in [1.165, 1.54) is 13.3 Å². The molecule has 0 aromatic carbocycles. The maximum absolute atomic E-state index is 16.1. The molecule has 0 aliphatic carbocycles. The molecule has 2 aliphatic rings. The highest BCUT2D eigenvalue weighted by Gasteiger charge is 2.46. The predicted octanol–water partition coefficient (Wildman–Crippen LogP) is 3.51. The van der Waals surface area contributed by atoms with Crippen LogP contribution in [0.25, 0.3) is 0 Å². The van der Waals surface area contributed by atoms with E-state index >= 15 is 4.39 Å². The first kappa shape index (κ1) is 22.9. The van der Waals surface area contributed by atoms with Crippen molar-refractivity contribution >= 4 is 17.5 Å². The molecule has 3 aromatic rings. The zero-order chi connectivity index (χ0) is 25.0. The molecule has 0 spiro atoms. The summed E-state index contributed by atoms with van der Waals surface area (Å²) in [6.07, 6.45) is 4.91. The minimum absolute atomic E-state index is 0.125. The van der Waals surface area contributed by atoms with Crippen LogP contribution in [0.4, 0.5) is 10.1 Å². The van der Waals surface area contributed by atoms with E-state index in [9.17, 15) is 9.59 Å². The van der Waals surface area contributed by atoms with Crippen LogP contribution in [0.15, 0.2) is 36.8 Å². The number of hydrogen-bond acceptors (Lipinski definition) is 6. The van der Waals surface area contributed by atoms with Crippen LogP contribution in [0.5, 0.6) is 5.88 Å². The minimum atomic E-state index is -1.67. The average Bonchev–Trinajstić information content (AvgIpc) is 3.37. The lowest BCUT2D eigenvalue weighted by Gasteiger charge is -2.37. The van der Waals surface area contributed by atoms with Gasteiger partial charge in [0, 0.05) is 55.6 Å². The molecule has 1 saturated heterocycles. The number of halogens is 1. The van der Waals surface area contributed by atoms with Crippen LogP contribution in [0.1, 0.15) is 64.6 Å². The average molecular weight is 479 g/mol. The Hall–Kier alpha value is -3.82. The van der Waals surface area contributed by atoms with E-state index in [1.54, 1.807) is 40.4 Å². The number of aryl methyl sites for hydroxylation is 1. The van der Waals surface area contributed by atoms with Gasteiger partial charge in [-0.05, 0) is 32.9 Å². The summed E-state index contributed by atoms with van der Waals surface area (Å²) in [5.74, 6) is 0.225. The number of likely N-dealkylation sites (tertiary alicyclic amines) is 1. The van der Waals surface area contributed by atoms with Crippen LogP contribution < -0.4 is 9.64 Å². The van der Waals surface area contributed by atoms with Crippen molar-refractivity contribution in [1.82, 2.24) is 24.8 Å². The molecule has 9 nitrogen and oxygen atoms in total. The van der Waals surface area contributed by atoms with E-state index in [1.807, 2.05) is 20.8 Å². The van der Waals surface area contributed by atoms with Gasteiger partial charge >= 0.3 is 0 Å². The number of nitrogens with one attached hydrogen (secondary N) is 1. The fourth-order valence-electron chi connectivity index (χ4n) is 4.93. The van der Waals surface area contributed by atoms with Crippen LogP contribution in [0.2, 0.25) is 0 Å². The summed E-state index contributed by atoms with van der Waals surface area (Å²) in [5, 5.41) is 0. The van der Waals surface area contributed by atoms with Gasteiger partial charge in [0.05, 0.1) is 35.8 Å². The molecule has 0 unspecified atom stereocenters. The highest BCUT2D eigenvalue weighted by Crippen LogP contribution is 2.43. The number of methoxy groups -OCH3 is 1. The molecule has 5 heterocycles. The second kappa shape index (κ2) is 8.14. The lowest BCUT2D eigenvalue weighted by atomic mass is 9.86. The maximum Gasteiger partial charge on any atom is 0.289 e. The number of aromatic amines is 1. The third kappa shape index (κ3) is 3.73. The Labute approximate surface area is 202 Å². The molecule has 0 radical (unpaired) electrons. The molecule has 182 valence electrons. The molecule has 2 amide bonds. The van der Waals surface area contributed by atoms with Crippen LogP contribution in [0, 0.1) is 6.92 Å². The Morgan fingerprint density at radius 2 is 1.91 bits per heavy atom. The van der Waals surface area contributed by atoms with E-state index < -0.39 is 11.2 Å². The van der Waals surface area contributed by atoms with Crippen LogP contribution in [-0.4, -0.2) is 56.8 Å². The normalized spacial score (nSPS) is 18.5. The Balaban J connectivity index is 1.39.